The molecule has 3 aromatic rings. The average molecular weight is 353 g/mol. The third-order valence-corrected chi connectivity index (χ3v) is 4.05. The molecule has 2 heterocycles. The lowest BCUT2D eigenvalue weighted by Crippen LogP contribution is -2.24. The fraction of sp³-hybridized carbons (Fsp3) is 0.118. The number of anilines is 1. The summed E-state index contributed by atoms with van der Waals surface area (Å²) in [6, 6.07) is 9.67. The maximum atomic E-state index is 12.0. The highest BCUT2D eigenvalue weighted by Crippen LogP contribution is 2.16. The fourth-order valence-electron chi connectivity index (χ4n) is 2.05. The van der Waals surface area contributed by atoms with Crippen molar-refractivity contribution >= 4 is 28.3 Å². The van der Waals surface area contributed by atoms with Crippen molar-refractivity contribution < 1.29 is 9.59 Å². The first kappa shape index (κ1) is 16.7. The van der Waals surface area contributed by atoms with Gasteiger partial charge in [-0.2, -0.15) is 0 Å². The molecule has 2 N–H and O–H groups in total. The number of nitrogens with one attached hydrogen (secondary N) is 2. The lowest BCUT2D eigenvalue weighted by molar-refractivity contribution is -0.120. The molecule has 0 saturated heterocycles. The van der Waals surface area contributed by atoms with Crippen molar-refractivity contribution in [2.24, 2.45) is 0 Å². The molecule has 0 aliphatic rings. The second kappa shape index (κ2) is 8.11. The van der Waals surface area contributed by atoms with Crippen LogP contribution in [0.2, 0.25) is 0 Å². The quantitative estimate of drug-likeness (QED) is 0.707. The van der Waals surface area contributed by atoms with Crippen LogP contribution >= 0.6 is 11.3 Å². The second-order valence-electron chi connectivity index (χ2n) is 5.13. The van der Waals surface area contributed by atoms with Crippen LogP contribution < -0.4 is 10.6 Å². The van der Waals surface area contributed by atoms with E-state index in [1.54, 1.807) is 5.38 Å². The molecule has 0 fully saturated rings. The van der Waals surface area contributed by atoms with Gasteiger partial charge in [-0.3, -0.25) is 19.9 Å². The van der Waals surface area contributed by atoms with E-state index < -0.39 is 0 Å². The first-order valence-corrected chi connectivity index (χ1v) is 8.41. The van der Waals surface area contributed by atoms with Gasteiger partial charge in [-0.05, 0) is 5.56 Å². The molecule has 0 saturated carbocycles. The van der Waals surface area contributed by atoms with Crippen molar-refractivity contribution in [2.45, 2.75) is 13.0 Å². The van der Waals surface area contributed by atoms with Gasteiger partial charge < -0.3 is 5.32 Å². The highest BCUT2D eigenvalue weighted by Gasteiger charge is 2.12. The van der Waals surface area contributed by atoms with Gasteiger partial charge in [0.1, 0.15) is 5.69 Å². The molecule has 25 heavy (non-hydrogen) atoms. The van der Waals surface area contributed by atoms with Crippen LogP contribution in [0.4, 0.5) is 5.13 Å². The van der Waals surface area contributed by atoms with Gasteiger partial charge in [-0.15, -0.1) is 11.3 Å². The standard InChI is InChI=1S/C17H15N5O2S/c23-15(20-9-12-4-2-1-3-5-12)8-13-11-25-17(21-13)22-16(24)14-10-18-6-7-19-14/h1-7,10-11H,8-9H2,(H,20,23)(H,21,22,24). The van der Waals surface area contributed by atoms with E-state index in [2.05, 4.69) is 25.6 Å². The van der Waals surface area contributed by atoms with Gasteiger partial charge in [0, 0.05) is 24.3 Å². The van der Waals surface area contributed by atoms with Crippen LogP contribution in [0, 0.1) is 0 Å². The number of rotatable bonds is 6. The summed E-state index contributed by atoms with van der Waals surface area (Å²) in [5.41, 5.74) is 1.84. The Morgan fingerprint density at radius 2 is 1.96 bits per heavy atom. The third kappa shape index (κ3) is 4.92. The summed E-state index contributed by atoms with van der Waals surface area (Å²) in [5, 5.41) is 7.65. The number of carbonyl (C=O) groups is 2. The molecule has 1 aromatic carbocycles. The summed E-state index contributed by atoms with van der Waals surface area (Å²) in [6.45, 7) is 0.472. The highest BCUT2D eigenvalue weighted by molar-refractivity contribution is 7.14. The molecule has 8 heteroatoms. The number of aromatic nitrogens is 3. The fourth-order valence-corrected chi connectivity index (χ4v) is 2.75. The Balaban J connectivity index is 1.51. The molecule has 2 aromatic heterocycles. The van der Waals surface area contributed by atoms with E-state index >= 15 is 0 Å². The van der Waals surface area contributed by atoms with Gasteiger partial charge in [0.25, 0.3) is 5.91 Å². The summed E-state index contributed by atoms with van der Waals surface area (Å²) in [6.07, 6.45) is 4.47. The third-order valence-electron chi connectivity index (χ3n) is 3.24. The maximum absolute atomic E-state index is 12.0. The molecular weight excluding hydrogens is 338 g/mol. The van der Waals surface area contributed by atoms with E-state index in [-0.39, 0.29) is 23.9 Å². The van der Waals surface area contributed by atoms with Crippen LogP contribution in [0.1, 0.15) is 21.7 Å². The van der Waals surface area contributed by atoms with Crippen LogP contribution in [-0.2, 0) is 17.8 Å². The van der Waals surface area contributed by atoms with Crippen LogP contribution in [0.3, 0.4) is 0 Å². The summed E-state index contributed by atoms with van der Waals surface area (Å²) in [7, 11) is 0. The predicted octanol–water partition coefficient (Wildman–Crippen LogP) is 2.04. The Morgan fingerprint density at radius 3 is 2.72 bits per heavy atom. The zero-order chi connectivity index (χ0) is 17.5. The molecular formula is C17H15N5O2S. The van der Waals surface area contributed by atoms with Crippen LogP contribution in [0.15, 0.2) is 54.3 Å². The number of amides is 2. The molecule has 0 aliphatic heterocycles. The van der Waals surface area contributed by atoms with Crippen molar-refractivity contribution in [2.75, 3.05) is 5.32 Å². The molecule has 0 spiro atoms. The number of benzene rings is 1. The van der Waals surface area contributed by atoms with Crippen LogP contribution in [0.5, 0.6) is 0 Å². The normalized spacial score (nSPS) is 10.2. The van der Waals surface area contributed by atoms with Crippen molar-refractivity contribution in [3.05, 3.63) is 71.3 Å². The molecule has 0 unspecified atom stereocenters. The minimum absolute atomic E-state index is 0.124. The summed E-state index contributed by atoms with van der Waals surface area (Å²) in [5.74, 6) is -0.511. The Labute approximate surface area is 148 Å². The van der Waals surface area contributed by atoms with E-state index in [4.69, 9.17) is 0 Å². The molecule has 0 atom stereocenters. The number of thiazole rings is 1. The topological polar surface area (TPSA) is 96.9 Å². The smallest absolute Gasteiger partial charge is 0.277 e. The zero-order valence-corrected chi connectivity index (χ0v) is 14.0. The number of carbonyl (C=O) groups excluding carboxylic acids is 2. The van der Waals surface area contributed by atoms with Gasteiger partial charge in [0.2, 0.25) is 5.91 Å². The van der Waals surface area contributed by atoms with Gasteiger partial charge in [0.05, 0.1) is 18.3 Å². The van der Waals surface area contributed by atoms with Gasteiger partial charge in [-0.1, -0.05) is 30.3 Å². The molecule has 0 radical (unpaired) electrons. The Morgan fingerprint density at radius 1 is 1.12 bits per heavy atom. The van der Waals surface area contributed by atoms with Crippen molar-refractivity contribution in [3.63, 3.8) is 0 Å². The molecule has 3 rings (SSSR count). The van der Waals surface area contributed by atoms with Crippen molar-refractivity contribution in [1.82, 2.24) is 20.3 Å². The minimum atomic E-state index is -0.387. The Hall–Kier alpha value is -3.13. The largest absolute Gasteiger partial charge is 0.352 e. The van der Waals surface area contributed by atoms with Gasteiger partial charge in [0.15, 0.2) is 5.13 Å². The number of hydrogen-bond donors (Lipinski definition) is 2. The zero-order valence-electron chi connectivity index (χ0n) is 13.2. The molecule has 0 bridgehead atoms. The van der Waals surface area contributed by atoms with Crippen LogP contribution in [0.25, 0.3) is 0 Å². The lowest BCUT2D eigenvalue weighted by atomic mass is 10.2. The first-order valence-electron chi connectivity index (χ1n) is 7.53. The van der Waals surface area contributed by atoms with Crippen molar-refractivity contribution in [3.8, 4) is 0 Å². The first-order chi connectivity index (χ1) is 12.2. The SMILES string of the molecule is O=C(Cc1csc(NC(=O)c2cnccn2)n1)NCc1ccccc1. The van der Waals surface area contributed by atoms with E-state index in [1.165, 1.54) is 29.9 Å². The monoisotopic (exact) mass is 353 g/mol. The summed E-state index contributed by atoms with van der Waals surface area (Å²) in [4.78, 5) is 36.0. The molecule has 2 amide bonds. The number of hydrogen-bond acceptors (Lipinski definition) is 6. The lowest BCUT2D eigenvalue weighted by Gasteiger charge is -2.04. The van der Waals surface area contributed by atoms with E-state index in [0.29, 0.717) is 17.4 Å². The summed E-state index contributed by atoms with van der Waals surface area (Å²) < 4.78 is 0. The van der Waals surface area contributed by atoms with Gasteiger partial charge in [-0.25, -0.2) is 9.97 Å². The van der Waals surface area contributed by atoms with Gasteiger partial charge >= 0.3 is 0 Å². The molecule has 7 nitrogen and oxygen atoms in total. The van der Waals surface area contributed by atoms with Crippen LogP contribution in [-0.4, -0.2) is 26.8 Å². The maximum Gasteiger partial charge on any atom is 0.277 e. The molecule has 126 valence electrons. The van der Waals surface area contributed by atoms with E-state index in [0.717, 1.165) is 5.56 Å². The average Bonchev–Trinajstić information content (AvgIpc) is 3.08. The highest BCUT2D eigenvalue weighted by atomic mass is 32.1. The molecule has 0 aliphatic carbocycles. The van der Waals surface area contributed by atoms with E-state index in [1.807, 2.05) is 30.3 Å². The Bertz CT molecular complexity index is 852. The summed E-state index contributed by atoms with van der Waals surface area (Å²) >= 11 is 1.26. The minimum Gasteiger partial charge on any atom is -0.352 e. The Kier molecular flexibility index (Phi) is 5.43. The second-order valence-corrected chi connectivity index (χ2v) is 5.99. The van der Waals surface area contributed by atoms with Crippen molar-refractivity contribution in [1.29, 1.82) is 0 Å². The predicted molar refractivity (Wildman–Crippen MR) is 94.1 cm³/mol. The van der Waals surface area contributed by atoms with E-state index in [9.17, 15) is 9.59 Å². The number of nitrogens with zero attached hydrogens (tertiary/aromatic N) is 3.